The first kappa shape index (κ1) is 15.2. The lowest BCUT2D eigenvalue weighted by Crippen LogP contribution is -2.55. The Labute approximate surface area is 122 Å². The van der Waals surface area contributed by atoms with Crippen molar-refractivity contribution >= 4 is 16.7 Å². The number of hydrogen-bond acceptors (Lipinski definition) is 4. The molecule has 6 nitrogen and oxygen atoms in total. The van der Waals surface area contributed by atoms with E-state index in [9.17, 15) is 9.59 Å². The largest absolute Gasteiger partial charge is 0.344 e. The van der Waals surface area contributed by atoms with Crippen molar-refractivity contribution in [3.63, 3.8) is 0 Å². The molecule has 0 aliphatic rings. The molecule has 0 spiro atoms. The quantitative estimate of drug-likeness (QED) is 0.782. The van der Waals surface area contributed by atoms with Crippen LogP contribution in [0, 0.1) is 5.92 Å². The molecule has 0 bridgehead atoms. The summed E-state index contributed by atoms with van der Waals surface area (Å²) < 4.78 is 0. The predicted octanol–water partition coefficient (Wildman–Crippen LogP) is 1.03. The summed E-state index contributed by atoms with van der Waals surface area (Å²) in [7, 11) is 0. The zero-order valence-corrected chi connectivity index (χ0v) is 12.4. The molecule has 0 fully saturated rings. The average Bonchev–Trinajstić information content (AvgIpc) is 2.47. The normalized spacial score (nSPS) is 14.1. The van der Waals surface area contributed by atoms with E-state index in [0.29, 0.717) is 17.3 Å². The lowest BCUT2D eigenvalue weighted by Gasteiger charge is -2.33. The van der Waals surface area contributed by atoms with Gasteiger partial charge in [-0.1, -0.05) is 32.0 Å². The van der Waals surface area contributed by atoms with Crippen LogP contribution in [0.5, 0.6) is 0 Å². The van der Waals surface area contributed by atoms with E-state index in [0.717, 1.165) is 0 Å². The number of fused-ring (bicyclic) bond motifs is 1. The van der Waals surface area contributed by atoms with Gasteiger partial charge in [-0.15, -0.1) is 0 Å². The van der Waals surface area contributed by atoms with E-state index in [2.05, 4.69) is 15.5 Å². The molecule has 2 aromatic rings. The highest BCUT2D eigenvalue weighted by Crippen LogP contribution is 2.17. The van der Waals surface area contributed by atoms with Gasteiger partial charge in [0.15, 0.2) is 5.69 Å². The molecular weight excluding hydrogens is 268 g/mol. The minimum absolute atomic E-state index is 0.167. The maximum atomic E-state index is 12.5. The van der Waals surface area contributed by atoms with E-state index in [1.54, 1.807) is 24.3 Å². The molecule has 0 aliphatic heterocycles. The summed E-state index contributed by atoms with van der Waals surface area (Å²) in [5.41, 5.74) is 5.13. The Morgan fingerprint density at radius 3 is 2.57 bits per heavy atom. The molecular formula is C15H20N4O2. The number of hydrogen-bond donors (Lipinski definition) is 3. The van der Waals surface area contributed by atoms with Crippen LogP contribution >= 0.6 is 0 Å². The van der Waals surface area contributed by atoms with E-state index in [1.807, 2.05) is 20.8 Å². The van der Waals surface area contributed by atoms with Crippen LogP contribution in [-0.4, -0.2) is 28.2 Å². The molecule has 1 amide bonds. The zero-order valence-electron chi connectivity index (χ0n) is 12.4. The van der Waals surface area contributed by atoms with Gasteiger partial charge in [-0.2, -0.15) is 5.10 Å². The molecule has 2 rings (SSSR count). The van der Waals surface area contributed by atoms with E-state index in [1.165, 1.54) is 0 Å². The van der Waals surface area contributed by atoms with Gasteiger partial charge in [0.05, 0.1) is 10.9 Å². The lowest BCUT2D eigenvalue weighted by atomic mass is 9.88. The Morgan fingerprint density at radius 2 is 2.00 bits per heavy atom. The SMILES string of the molecule is CC(C)C(C)(CN)NC(=O)c1n[nH]c(=O)c2ccccc12. The van der Waals surface area contributed by atoms with Gasteiger partial charge >= 0.3 is 0 Å². The summed E-state index contributed by atoms with van der Waals surface area (Å²) in [5, 5.41) is 10.1. The molecule has 112 valence electrons. The van der Waals surface area contributed by atoms with Crippen LogP contribution in [0.3, 0.4) is 0 Å². The van der Waals surface area contributed by atoms with Gasteiger partial charge < -0.3 is 11.1 Å². The predicted molar refractivity (Wildman–Crippen MR) is 82.1 cm³/mol. The van der Waals surface area contributed by atoms with Gasteiger partial charge in [0.2, 0.25) is 0 Å². The molecule has 4 N–H and O–H groups in total. The number of nitrogens with one attached hydrogen (secondary N) is 2. The molecule has 1 atom stereocenters. The summed E-state index contributed by atoms with van der Waals surface area (Å²) in [6, 6.07) is 6.89. The molecule has 6 heteroatoms. The Kier molecular flexibility index (Phi) is 4.09. The molecule has 1 unspecified atom stereocenters. The zero-order chi connectivity index (χ0) is 15.6. The number of rotatable bonds is 4. The van der Waals surface area contributed by atoms with Crippen LogP contribution in [-0.2, 0) is 0 Å². The molecule has 1 aromatic carbocycles. The summed E-state index contributed by atoms with van der Waals surface area (Å²) >= 11 is 0. The van der Waals surface area contributed by atoms with Gasteiger partial charge in [0, 0.05) is 11.9 Å². The van der Waals surface area contributed by atoms with Crippen molar-refractivity contribution in [1.82, 2.24) is 15.5 Å². The molecule has 1 heterocycles. The number of nitrogens with zero attached hydrogens (tertiary/aromatic N) is 1. The van der Waals surface area contributed by atoms with Crippen LogP contribution in [0.2, 0.25) is 0 Å². The van der Waals surface area contributed by atoms with Crippen LogP contribution in [0.25, 0.3) is 10.8 Å². The molecule has 0 saturated heterocycles. The number of aromatic amines is 1. The van der Waals surface area contributed by atoms with E-state index in [-0.39, 0.29) is 23.1 Å². The van der Waals surface area contributed by atoms with Crippen molar-refractivity contribution in [3.8, 4) is 0 Å². The average molecular weight is 288 g/mol. The first-order chi connectivity index (χ1) is 9.89. The van der Waals surface area contributed by atoms with Crippen LogP contribution < -0.4 is 16.6 Å². The Bertz CT molecular complexity index is 723. The molecule has 0 saturated carbocycles. The van der Waals surface area contributed by atoms with Gasteiger partial charge in [-0.3, -0.25) is 9.59 Å². The highest BCUT2D eigenvalue weighted by Gasteiger charge is 2.30. The number of carbonyl (C=O) groups excluding carboxylic acids is 1. The van der Waals surface area contributed by atoms with Crippen molar-refractivity contribution in [3.05, 3.63) is 40.3 Å². The third kappa shape index (κ3) is 2.80. The van der Waals surface area contributed by atoms with Crippen molar-refractivity contribution in [2.24, 2.45) is 11.7 Å². The third-order valence-corrected chi connectivity index (χ3v) is 4.01. The van der Waals surface area contributed by atoms with Crippen LogP contribution in [0.4, 0.5) is 0 Å². The monoisotopic (exact) mass is 288 g/mol. The first-order valence-electron chi connectivity index (χ1n) is 6.89. The fraction of sp³-hybridized carbons (Fsp3) is 0.400. The third-order valence-electron chi connectivity index (χ3n) is 4.01. The second-order valence-electron chi connectivity index (χ2n) is 5.68. The van der Waals surface area contributed by atoms with Crippen LogP contribution in [0.1, 0.15) is 31.3 Å². The summed E-state index contributed by atoms with van der Waals surface area (Å²) in [5.74, 6) is -0.176. The second kappa shape index (κ2) is 5.65. The van der Waals surface area contributed by atoms with E-state index >= 15 is 0 Å². The number of nitrogens with two attached hydrogens (primary N) is 1. The lowest BCUT2D eigenvalue weighted by molar-refractivity contribution is 0.0879. The van der Waals surface area contributed by atoms with Crippen LogP contribution in [0.15, 0.2) is 29.1 Å². The fourth-order valence-electron chi connectivity index (χ4n) is 2.04. The number of benzene rings is 1. The Morgan fingerprint density at radius 1 is 1.38 bits per heavy atom. The fourth-order valence-corrected chi connectivity index (χ4v) is 2.04. The maximum absolute atomic E-state index is 12.5. The standard InChI is InChI=1S/C15H20N4O2/c1-9(2)15(3,8-16)17-14(21)12-10-6-4-5-7-11(10)13(20)19-18-12/h4-7,9H,8,16H2,1-3H3,(H,17,21)(H,19,20). The topological polar surface area (TPSA) is 101 Å². The molecule has 21 heavy (non-hydrogen) atoms. The molecule has 0 aliphatic carbocycles. The highest BCUT2D eigenvalue weighted by atomic mass is 16.2. The van der Waals surface area contributed by atoms with Gasteiger partial charge in [-0.25, -0.2) is 5.10 Å². The van der Waals surface area contributed by atoms with Gasteiger partial charge in [0.1, 0.15) is 0 Å². The number of aromatic nitrogens is 2. The van der Waals surface area contributed by atoms with E-state index in [4.69, 9.17) is 5.73 Å². The molecule has 0 radical (unpaired) electrons. The summed E-state index contributed by atoms with van der Waals surface area (Å²) in [6.07, 6.45) is 0. The first-order valence-corrected chi connectivity index (χ1v) is 6.89. The highest BCUT2D eigenvalue weighted by molar-refractivity contribution is 6.04. The second-order valence-corrected chi connectivity index (χ2v) is 5.68. The number of amides is 1. The van der Waals surface area contributed by atoms with Crippen molar-refractivity contribution in [2.75, 3.05) is 6.54 Å². The number of carbonyl (C=O) groups is 1. The maximum Gasteiger partial charge on any atom is 0.272 e. The van der Waals surface area contributed by atoms with Crippen molar-refractivity contribution in [1.29, 1.82) is 0 Å². The van der Waals surface area contributed by atoms with Crippen molar-refractivity contribution in [2.45, 2.75) is 26.3 Å². The Balaban J connectivity index is 2.46. The summed E-state index contributed by atoms with van der Waals surface area (Å²) in [6.45, 7) is 6.19. The van der Waals surface area contributed by atoms with Crippen molar-refractivity contribution < 1.29 is 4.79 Å². The summed E-state index contributed by atoms with van der Waals surface area (Å²) in [4.78, 5) is 24.2. The van der Waals surface area contributed by atoms with E-state index < -0.39 is 5.54 Å². The molecule has 1 aromatic heterocycles. The van der Waals surface area contributed by atoms with Gasteiger partial charge in [-0.05, 0) is 18.9 Å². The minimum Gasteiger partial charge on any atom is -0.344 e. The smallest absolute Gasteiger partial charge is 0.272 e. The minimum atomic E-state index is -0.532. The Hall–Kier alpha value is -2.21. The van der Waals surface area contributed by atoms with Gasteiger partial charge in [0.25, 0.3) is 11.5 Å². The number of H-pyrrole nitrogens is 1.